The largest absolute Gasteiger partial charge is 0.0911 e. The van der Waals surface area contributed by atoms with Crippen LogP contribution < -0.4 is 10.4 Å². The molecule has 2 aromatic rings. The number of hydrogen-bond acceptors (Lipinski definition) is 0. The second-order valence-electron chi connectivity index (χ2n) is 4.01. The molecule has 0 aromatic heterocycles. The molecular weight excluding hydrogens is 180 g/mol. The smallest absolute Gasteiger partial charge is 0.00757 e. The molecule has 0 fully saturated rings. The van der Waals surface area contributed by atoms with E-state index in [4.69, 9.17) is 0 Å². The van der Waals surface area contributed by atoms with E-state index in [1.54, 1.807) is 0 Å². The minimum Gasteiger partial charge on any atom is -0.0911 e. The standard InChI is InChI=1S/C15H12/c1-10-6-5-9-14-13-8-4-3-7-12(13)11(2)15(10)14/h3-9H,1H2,2H3. The fraction of sp³-hybridized carbons (Fsp3) is 0.0667. The number of rotatable bonds is 0. The summed E-state index contributed by atoms with van der Waals surface area (Å²) in [5.41, 5.74) is 5.38. The topological polar surface area (TPSA) is 0 Å². The van der Waals surface area contributed by atoms with Crippen molar-refractivity contribution in [1.29, 1.82) is 0 Å². The SMILES string of the molecule is C=c1cccc2c1=C(C)c1ccccc1-2. The van der Waals surface area contributed by atoms with Gasteiger partial charge >= 0.3 is 0 Å². The van der Waals surface area contributed by atoms with Crippen molar-refractivity contribution in [2.24, 2.45) is 0 Å². The molecule has 72 valence electrons. The van der Waals surface area contributed by atoms with Crippen LogP contribution in [0.1, 0.15) is 12.5 Å². The molecule has 0 spiro atoms. The van der Waals surface area contributed by atoms with Crippen LogP contribution in [0.5, 0.6) is 0 Å². The zero-order chi connectivity index (χ0) is 10.4. The highest BCUT2D eigenvalue weighted by atomic mass is 14.2. The molecule has 0 radical (unpaired) electrons. The maximum Gasteiger partial charge on any atom is -0.00757 e. The van der Waals surface area contributed by atoms with E-state index in [1.165, 1.54) is 27.5 Å². The number of hydrogen-bond donors (Lipinski definition) is 0. The van der Waals surface area contributed by atoms with Gasteiger partial charge in [-0.15, -0.1) is 0 Å². The van der Waals surface area contributed by atoms with Gasteiger partial charge in [0.2, 0.25) is 0 Å². The molecule has 0 atom stereocenters. The van der Waals surface area contributed by atoms with Gasteiger partial charge in [-0.25, -0.2) is 0 Å². The molecular formula is C15H12. The van der Waals surface area contributed by atoms with E-state index >= 15 is 0 Å². The molecule has 0 aliphatic heterocycles. The lowest BCUT2D eigenvalue weighted by atomic mass is 10.0. The van der Waals surface area contributed by atoms with Gasteiger partial charge in [-0.2, -0.15) is 0 Å². The van der Waals surface area contributed by atoms with Gasteiger partial charge in [-0.3, -0.25) is 0 Å². The van der Waals surface area contributed by atoms with E-state index in [0.717, 1.165) is 5.22 Å². The van der Waals surface area contributed by atoms with Crippen LogP contribution in [0.2, 0.25) is 0 Å². The van der Waals surface area contributed by atoms with Gasteiger partial charge in [0, 0.05) is 0 Å². The van der Waals surface area contributed by atoms with Crippen molar-refractivity contribution in [3.63, 3.8) is 0 Å². The molecule has 0 bridgehead atoms. The lowest BCUT2D eigenvalue weighted by molar-refractivity contribution is 1.52. The zero-order valence-electron chi connectivity index (χ0n) is 8.75. The Morgan fingerprint density at radius 3 is 2.27 bits per heavy atom. The fourth-order valence-electron chi connectivity index (χ4n) is 2.45. The minimum atomic E-state index is 1.13. The Bertz CT molecular complexity index is 648. The summed E-state index contributed by atoms with van der Waals surface area (Å²) in [4.78, 5) is 0. The second-order valence-corrected chi connectivity index (χ2v) is 4.01. The molecule has 0 N–H and O–H groups in total. The third kappa shape index (κ3) is 1.02. The first kappa shape index (κ1) is 8.49. The van der Waals surface area contributed by atoms with Crippen molar-refractivity contribution in [1.82, 2.24) is 0 Å². The first-order valence-corrected chi connectivity index (χ1v) is 5.17. The molecule has 0 heteroatoms. The molecule has 0 saturated heterocycles. The first-order chi connectivity index (χ1) is 7.29. The highest BCUT2D eigenvalue weighted by Gasteiger charge is 2.15. The van der Waals surface area contributed by atoms with Gasteiger partial charge in [-0.05, 0) is 39.6 Å². The van der Waals surface area contributed by atoms with Crippen molar-refractivity contribution < 1.29 is 0 Å². The number of benzene rings is 2. The summed E-state index contributed by atoms with van der Waals surface area (Å²) in [5.74, 6) is 0. The molecule has 0 unspecified atom stereocenters. The monoisotopic (exact) mass is 192 g/mol. The molecule has 0 heterocycles. The summed E-state index contributed by atoms with van der Waals surface area (Å²) in [6, 6.07) is 14.9. The van der Waals surface area contributed by atoms with Gasteiger partial charge in [0.1, 0.15) is 0 Å². The third-order valence-electron chi connectivity index (χ3n) is 3.15. The molecule has 0 nitrogen and oxygen atoms in total. The third-order valence-corrected chi connectivity index (χ3v) is 3.15. The van der Waals surface area contributed by atoms with Crippen LogP contribution in [0.4, 0.5) is 0 Å². The van der Waals surface area contributed by atoms with Gasteiger partial charge in [0.25, 0.3) is 0 Å². The van der Waals surface area contributed by atoms with Crippen molar-refractivity contribution in [3.05, 3.63) is 58.5 Å². The van der Waals surface area contributed by atoms with E-state index in [9.17, 15) is 0 Å². The van der Waals surface area contributed by atoms with Gasteiger partial charge in [0.05, 0.1) is 0 Å². The lowest BCUT2D eigenvalue weighted by Gasteiger charge is -2.00. The minimum absolute atomic E-state index is 1.13. The van der Waals surface area contributed by atoms with Crippen LogP contribution in [-0.2, 0) is 0 Å². The van der Waals surface area contributed by atoms with Gasteiger partial charge in [0.15, 0.2) is 0 Å². The summed E-state index contributed by atoms with van der Waals surface area (Å²) < 4.78 is 0. The molecule has 15 heavy (non-hydrogen) atoms. The van der Waals surface area contributed by atoms with Crippen LogP contribution >= 0.6 is 0 Å². The lowest BCUT2D eigenvalue weighted by Crippen LogP contribution is -2.24. The second kappa shape index (κ2) is 2.83. The van der Waals surface area contributed by atoms with Crippen molar-refractivity contribution in [2.45, 2.75) is 6.92 Å². The Morgan fingerprint density at radius 1 is 0.800 bits per heavy atom. The number of fused-ring (bicyclic) bond motifs is 3. The molecule has 0 amide bonds. The quantitative estimate of drug-likeness (QED) is 0.601. The van der Waals surface area contributed by atoms with E-state index in [2.05, 4.69) is 56.0 Å². The maximum atomic E-state index is 4.10. The molecule has 1 aliphatic rings. The van der Waals surface area contributed by atoms with Crippen molar-refractivity contribution in [3.8, 4) is 11.1 Å². The average Bonchev–Trinajstić information content (AvgIpc) is 2.55. The van der Waals surface area contributed by atoms with Gasteiger partial charge < -0.3 is 0 Å². The molecule has 0 saturated carbocycles. The maximum absolute atomic E-state index is 4.10. The van der Waals surface area contributed by atoms with Crippen LogP contribution in [0.15, 0.2) is 42.5 Å². The van der Waals surface area contributed by atoms with Gasteiger partial charge in [-0.1, -0.05) is 49.0 Å². The fourth-order valence-corrected chi connectivity index (χ4v) is 2.45. The molecule has 3 rings (SSSR count). The highest BCUT2D eigenvalue weighted by Crippen LogP contribution is 2.29. The van der Waals surface area contributed by atoms with Crippen LogP contribution in [0, 0.1) is 0 Å². The Kier molecular flexibility index (Phi) is 1.60. The summed E-state index contributed by atoms with van der Waals surface area (Å²) >= 11 is 0. The highest BCUT2D eigenvalue weighted by molar-refractivity contribution is 5.88. The Hall–Kier alpha value is -1.82. The molecule has 1 aliphatic carbocycles. The summed E-state index contributed by atoms with van der Waals surface area (Å²) in [7, 11) is 0. The Balaban J connectivity index is 2.58. The van der Waals surface area contributed by atoms with Crippen LogP contribution in [-0.4, -0.2) is 0 Å². The normalized spacial score (nSPS) is 12.5. The van der Waals surface area contributed by atoms with E-state index in [0.29, 0.717) is 0 Å². The Labute approximate surface area is 89.2 Å². The van der Waals surface area contributed by atoms with Crippen molar-refractivity contribution >= 4 is 12.2 Å². The van der Waals surface area contributed by atoms with E-state index in [1.807, 2.05) is 0 Å². The summed E-state index contributed by atoms with van der Waals surface area (Å²) in [5, 5.41) is 2.44. The summed E-state index contributed by atoms with van der Waals surface area (Å²) in [6.45, 7) is 6.28. The average molecular weight is 192 g/mol. The predicted molar refractivity (Wildman–Crippen MR) is 64.8 cm³/mol. The Morgan fingerprint density at radius 2 is 1.47 bits per heavy atom. The predicted octanol–water partition coefficient (Wildman–Crippen LogP) is 2.30. The first-order valence-electron chi connectivity index (χ1n) is 5.17. The van der Waals surface area contributed by atoms with E-state index < -0.39 is 0 Å². The van der Waals surface area contributed by atoms with Crippen molar-refractivity contribution in [2.75, 3.05) is 0 Å². The zero-order valence-corrected chi connectivity index (χ0v) is 8.75. The van der Waals surface area contributed by atoms with Crippen LogP contribution in [0.25, 0.3) is 23.3 Å². The summed E-state index contributed by atoms with van der Waals surface area (Å²) in [6.07, 6.45) is 0. The van der Waals surface area contributed by atoms with E-state index in [-0.39, 0.29) is 0 Å². The molecule has 2 aromatic carbocycles. The van der Waals surface area contributed by atoms with Crippen LogP contribution in [0.3, 0.4) is 0 Å².